The number of carbonyl (C=O) groups is 2. The summed E-state index contributed by atoms with van der Waals surface area (Å²) in [5.74, 6) is -0.599. The average molecular weight is 526 g/mol. The molecular formula is C8H14BI2NO3Y-. The van der Waals surface area contributed by atoms with Gasteiger partial charge >= 0.3 is 0 Å². The third kappa shape index (κ3) is 12.2. The Morgan fingerprint density at radius 1 is 1.38 bits per heavy atom. The molecule has 90 valence electrons. The Balaban J connectivity index is -0.000000529. The number of hydrogen-bond donors (Lipinski definition) is 1. The fourth-order valence-corrected chi connectivity index (χ4v) is 0.584. The standard InChI is InChI=1S/C8H15BNO3.I2.Y/c1-5(11)8(3,4)10-7(13)9-6(2)12;1-2;/h5,11H,1-4H3,(H,10,13);;/p-1. The quantitative estimate of drug-likeness (QED) is 0.453. The van der Waals surface area contributed by atoms with Gasteiger partial charge in [-0.25, -0.2) is 0 Å². The Hall–Kier alpha value is 1.73. The number of carbonyl (C=O) groups excluding carboxylic acids is 2. The number of rotatable bonds is 4. The topological polar surface area (TPSA) is 68.5 Å². The van der Waals surface area contributed by atoms with E-state index in [2.05, 4.69) is 42.5 Å². The molecule has 0 saturated heterocycles. The Morgan fingerprint density at radius 2 is 1.75 bits per heavy atom. The van der Waals surface area contributed by atoms with E-state index in [0.29, 0.717) is 0 Å². The van der Waals surface area contributed by atoms with Crippen molar-refractivity contribution in [1.82, 2.24) is 0 Å². The normalized spacial score (nSPS) is 11.2. The summed E-state index contributed by atoms with van der Waals surface area (Å²) in [6.07, 6.45) is -0.725. The molecule has 0 aromatic heterocycles. The zero-order chi connectivity index (χ0) is 12.6. The molecule has 2 radical (unpaired) electrons. The summed E-state index contributed by atoms with van der Waals surface area (Å²) in [5, 5.41) is 12.9. The number of amides is 1. The maximum atomic E-state index is 11.0. The molecule has 0 aliphatic carbocycles. The van der Waals surface area contributed by atoms with Crippen molar-refractivity contribution in [2.24, 2.45) is 0 Å². The molecule has 0 aromatic carbocycles. The molecule has 0 saturated carbocycles. The molecule has 0 bridgehead atoms. The van der Waals surface area contributed by atoms with Gasteiger partial charge in [-0.1, -0.05) is 19.4 Å². The predicted octanol–water partition coefficient (Wildman–Crippen LogP) is 2.66. The van der Waals surface area contributed by atoms with E-state index in [1.165, 1.54) is 6.92 Å². The molecular weight excluding hydrogens is 512 g/mol. The van der Waals surface area contributed by atoms with Gasteiger partial charge in [-0.2, -0.15) is 0 Å². The SMILES string of the molecule is CC(=O)[B]C(=O)[N-]C(C)(C)C(C)O.II.[Y]. The minimum Gasteiger partial charge on any atom is -0.655 e. The molecule has 0 rings (SSSR count). The number of nitrogens with zero attached hydrogens (tertiary/aromatic N) is 1. The van der Waals surface area contributed by atoms with Gasteiger partial charge in [-0.05, 0) is 13.8 Å². The van der Waals surface area contributed by atoms with Crippen LogP contribution in [0, 0.1) is 0 Å². The summed E-state index contributed by atoms with van der Waals surface area (Å²) in [4.78, 5) is 21.5. The van der Waals surface area contributed by atoms with Crippen LogP contribution >= 0.6 is 37.2 Å². The van der Waals surface area contributed by atoms with E-state index in [1.807, 2.05) is 0 Å². The molecule has 0 aliphatic rings. The summed E-state index contributed by atoms with van der Waals surface area (Å²) in [5.41, 5.74) is -1.18. The fraction of sp³-hybridized carbons (Fsp3) is 0.750. The Labute approximate surface area is 146 Å². The molecule has 1 atom stereocenters. The number of aliphatic hydroxyl groups excluding tert-OH is 1. The fourth-order valence-electron chi connectivity index (χ4n) is 0.584. The van der Waals surface area contributed by atoms with Crippen molar-refractivity contribution in [1.29, 1.82) is 0 Å². The second-order valence-corrected chi connectivity index (χ2v) is 3.53. The van der Waals surface area contributed by atoms with Crippen LogP contribution in [0.2, 0.25) is 0 Å². The van der Waals surface area contributed by atoms with Gasteiger partial charge in [0, 0.05) is 81.9 Å². The van der Waals surface area contributed by atoms with Crippen LogP contribution in [-0.2, 0) is 37.5 Å². The van der Waals surface area contributed by atoms with Crippen LogP contribution in [0.5, 0.6) is 0 Å². The van der Waals surface area contributed by atoms with Gasteiger partial charge < -0.3 is 20.0 Å². The number of halogens is 2. The van der Waals surface area contributed by atoms with Crippen molar-refractivity contribution in [3.05, 3.63) is 5.32 Å². The zero-order valence-electron chi connectivity index (χ0n) is 9.70. The molecule has 0 aliphatic heterocycles. The van der Waals surface area contributed by atoms with Gasteiger partial charge in [0.25, 0.3) is 7.28 Å². The van der Waals surface area contributed by atoms with Crippen molar-refractivity contribution >= 4 is 56.0 Å². The van der Waals surface area contributed by atoms with Crippen molar-refractivity contribution in [3.8, 4) is 0 Å². The Bertz CT molecular complexity index is 227. The van der Waals surface area contributed by atoms with Gasteiger partial charge in [0.2, 0.25) is 0 Å². The van der Waals surface area contributed by atoms with E-state index in [4.69, 9.17) is 0 Å². The van der Waals surface area contributed by atoms with E-state index in [9.17, 15) is 14.7 Å². The maximum Gasteiger partial charge on any atom is 0.264 e. The molecule has 1 amide bonds. The molecule has 8 heteroatoms. The zero-order valence-corrected chi connectivity index (χ0v) is 16.9. The monoisotopic (exact) mass is 526 g/mol. The number of hydrogen-bond acceptors (Lipinski definition) is 3. The first kappa shape index (κ1) is 22.9. The van der Waals surface area contributed by atoms with E-state index >= 15 is 0 Å². The van der Waals surface area contributed by atoms with Crippen molar-refractivity contribution in [2.45, 2.75) is 39.3 Å². The summed E-state index contributed by atoms with van der Waals surface area (Å²) < 4.78 is 0. The minimum absolute atomic E-state index is 0. The van der Waals surface area contributed by atoms with Crippen molar-refractivity contribution < 1.29 is 47.4 Å². The summed E-state index contributed by atoms with van der Waals surface area (Å²) in [7, 11) is 0.907. The van der Waals surface area contributed by atoms with Crippen LogP contribution < -0.4 is 0 Å². The molecule has 1 unspecified atom stereocenters. The largest absolute Gasteiger partial charge is 0.655 e. The van der Waals surface area contributed by atoms with E-state index < -0.39 is 17.4 Å². The maximum absolute atomic E-state index is 11.0. The number of aliphatic hydroxyl groups is 1. The van der Waals surface area contributed by atoms with Gasteiger partial charge in [0.05, 0.1) is 5.68 Å². The van der Waals surface area contributed by atoms with E-state index in [1.54, 1.807) is 20.8 Å². The van der Waals surface area contributed by atoms with Crippen molar-refractivity contribution in [2.75, 3.05) is 0 Å². The Kier molecular flexibility index (Phi) is 16.9. The second-order valence-electron chi connectivity index (χ2n) is 3.53. The molecule has 0 heterocycles. The first-order valence-electron chi connectivity index (χ1n) is 4.20. The molecule has 0 aromatic rings. The summed E-state index contributed by atoms with van der Waals surface area (Å²) in [6.45, 7) is 6.08. The Morgan fingerprint density at radius 3 is 2.00 bits per heavy atom. The first-order chi connectivity index (χ1) is 6.75. The average Bonchev–Trinajstić information content (AvgIpc) is 2.04. The molecule has 0 spiro atoms. The van der Waals surface area contributed by atoms with Crippen LogP contribution in [0.3, 0.4) is 0 Å². The van der Waals surface area contributed by atoms with Crippen LogP contribution in [-0.4, -0.2) is 35.5 Å². The first-order valence-corrected chi connectivity index (χ1v) is 10.5. The molecule has 4 nitrogen and oxygen atoms in total. The van der Waals surface area contributed by atoms with Gasteiger partial charge in [0.15, 0.2) is 0 Å². The molecule has 16 heavy (non-hydrogen) atoms. The van der Waals surface area contributed by atoms with E-state index in [0.717, 1.165) is 7.28 Å². The smallest absolute Gasteiger partial charge is 0.264 e. The molecule has 1 N–H and O–H groups in total. The van der Waals surface area contributed by atoms with Crippen LogP contribution in [0.25, 0.3) is 5.32 Å². The van der Waals surface area contributed by atoms with Gasteiger partial charge in [-0.15, -0.1) is 0 Å². The minimum atomic E-state index is -0.844. The van der Waals surface area contributed by atoms with Crippen LogP contribution in [0.4, 0.5) is 4.79 Å². The van der Waals surface area contributed by atoms with Crippen LogP contribution in [0.15, 0.2) is 0 Å². The third-order valence-corrected chi connectivity index (χ3v) is 1.75. The van der Waals surface area contributed by atoms with Gasteiger partial charge in [0.1, 0.15) is 0 Å². The van der Waals surface area contributed by atoms with Crippen molar-refractivity contribution in [3.63, 3.8) is 0 Å². The van der Waals surface area contributed by atoms with E-state index in [-0.39, 0.29) is 38.4 Å². The van der Waals surface area contributed by atoms with Gasteiger partial charge in [-0.3, -0.25) is 0 Å². The van der Waals surface area contributed by atoms with Crippen LogP contribution in [0.1, 0.15) is 27.7 Å². The summed E-state index contributed by atoms with van der Waals surface area (Å²) in [6, 6.07) is 0. The summed E-state index contributed by atoms with van der Waals surface area (Å²) >= 11 is 4.24. The third-order valence-electron chi connectivity index (χ3n) is 1.75. The second kappa shape index (κ2) is 11.8. The molecule has 0 fully saturated rings. The predicted molar refractivity (Wildman–Crippen MR) is 79.0 cm³/mol.